The normalized spacial score (nSPS) is 10.2. The molecule has 2 aromatic rings. The van der Waals surface area contributed by atoms with Gasteiger partial charge in [-0.2, -0.15) is 5.10 Å². The molecule has 1 heterocycles. The maximum Gasteiger partial charge on any atom is 0.181 e. The number of anilines is 1. The third kappa shape index (κ3) is 1.51. The van der Waals surface area contributed by atoms with Crippen LogP contribution in [0, 0.1) is 0 Å². The summed E-state index contributed by atoms with van der Waals surface area (Å²) in [6.07, 6.45) is 1.67. The summed E-state index contributed by atoms with van der Waals surface area (Å²) in [7, 11) is 1.84. The lowest BCUT2D eigenvalue weighted by molar-refractivity contribution is 0.768. The van der Waals surface area contributed by atoms with Crippen molar-refractivity contribution < 1.29 is 0 Å². The SMILES string of the molecule is Cn1cnc(-c2cccc(N)c2)n1. The lowest BCUT2D eigenvalue weighted by atomic mass is 10.2. The van der Waals surface area contributed by atoms with Crippen LogP contribution in [0.3, 0.4) is 0 Å². The Kier molecular flexibility index (Phi) is 1.73. The van der Waals surface area contributed by atoms with Gasteiger partial charge in [-0.25, -0.2) is 4.98 Å². The van der Waals surface area contributed by atoms with Crippen LogP contribution in [0.1, 0.15) is 0 Å². The van der Waals surface area contributed by atoms with Gasteiger partial charge in [0.05, 0.1) is 0 Å². The first-order chi connectivity index (χ1) is 6.25. The molecular weight excluding hydrogens is 164 g/mol. The van der Waals surface area contributed by atoms with Crippen molar-refractivity contribution in [2.45, 2.75) is 0 Å². The first kappa shape index (κ1) is 7.79. The van der Waals surface area contributed by atoms with E-state index in [-0.39, 0.29) is 0 Å². The van der Waals surface area contributed by atoms with Crippen LogP contribution in [0.2, 0.25) is 0 Å². The number of rotatable bonds is 1. The second-order valence-corrected chi connectivity index (χ2v) is 2.87. The van der Waals surface area contributed by atoms with Crippen LogP contribution in [0.4, 0.5) is 5.69 Å². The third-order valence-electron chi connectivity index (χ3n) is 1.74. The molecular formula is C9H10N4. The molecule has 1 aromatic heterocycles. The summed E-state index contributed by atoms with van der Waals surface area (Å²) in [5, 5.41) is 4.17. The standard InChI is InChI=1S/C9H10N4/c1-13-6-11-9(12-13)7-3-2-4-8(10)5-7/h2-6H,10H2,1H3. The van der Waals surface area contributed by atoms with E-state index in [1.54, 1.807) is 11.0 Å². The van der Waals surface area contributed by atoms with Gasteiger partial charge in [0.15, 0.2) is 5.82 Å². The van der Waals surface area contributed by atoms with Crippen LogP contribution in [0.15, 0.2) is 30.6 Å². The number of aromatic nitrogens is 3. The van der Waals surface area contributed by atoms with Gasteiger partial charge in [-0.15, -0.1) is 0 Å². The molecule has 0 radical (unpaired) electrons. The van der Waals surface area contributed by atoms with Crippen molar-refractivity contribution in [1.29, 1.82) is 0 Å². The highest BCUT2D eigenvalue weighted by atomic mass is 15.3. The van der Waals surface area contributed by atoms with Crippen molar-refractivity contribution in [1.82, 2.24) is 14.8 Å². The van der Waals surface area contributed by atoms with E-state index in [2.05, 4.69) is 10.1 Å². The quantitative estimate of drug-likeness (QED) is 0.658. The Labute approximate surface area is 76.0 Å². The number of hydrogen-bond acceptors (Lipinski definition) is 3. The molecule has 2 rings (SSSR count). The molecule has 0 fully saturated rings. The molecule has 0 atom stereocenters. The van der Waals surface area contributed by atoms with E-state index < -0.39 is 0 Å². The van der Waals surface area contributed by atoms with Crippen molar-refractivity contribution in [2.24, 2.45) is 7.05 Å². The fourth-order valence-corrected chi connectivity index (χ4v) is 1.15. The number of nitrogen functional groups attached to an aromatic ring is 1. The molecule has 13 heavy (non-hydrogen) atoms. The smallest absolute Gasteiger partial charge is 0.181 e. The van der Waals surface area contributed by atoms with Gasteiger partial charge in [-0.1, -0.05) is 12.1 Å². The molecule has 0 aliphatic carbocycles. The molecule has 0 saturated heterocycles. The fourth-order valence-electron chi connectivity index (χ4n) is 1.15. The van der Waals surface area contributed by atoms with E-state index in [1.165, 1.54) is 0 Å². The minimum absolute atomic E-state index is 0.704. The van der Waals surface area contributed by atoms with E-state index in [0.29, 0.717) is 5.82 Å². The van der Waals surface area contributed by atoms with Gasteiger partial charge in [0.1, 0.15) is 6.33 Å². The fraction of sp³-hybridized carbons (Fsp3) is 0.111. The maximum absolute atomic E-state index is 5.64. The zero-order valence-electron chi connectivity index (χ0n) is 7.31. The van der Waals surface area contributed by atoms with Crippen molar-refractivity contribution in [3.63, 3.8) is 0 Å². The molecule has 0 aliphatic heterocycles. The van der Waals surface area contributed by atoms with Gasteiger partial charge in [0.25, 0.3) is 0 Å². The largest absolute Gasteiger partial charge is 0.399 e. The topological polar surface area (TPSA) is 56.7 Å². The number of nitrogens with two attached hydrogens (primary N) is 1. The number of aryl methyl sites for hydroxylation is 1. The molecule has 0 saturated carbocycles. The van der Waals surface area contributed by atoms with Crippen molar-refractivity contribution >= 4 is 5.69 Å². The average molecular weight is 174 g/mol. The van der Waals surface area contributed by atoms with Crippen molar-refractivity contribution in [3.8, 4) is 11.4 Å². The summed E-state index contributed by atoms with van der Waals surface area (Å²) in [6, 6.07) is 7.52. The van der Waals surface area contributed by atoms with Crippen LogP contribution in [-0.4, -0.2) is 14.8 Å². The second-order valence-electron chi connectivity index (χ2n) is 2.87. The number of nitrogens with zero attached hydrogens (tertiary/aromatic N) is 3. The Hall–Kier alpha value is -1.84. The highest BCUT2D eigenvalue weighted by molar-refractivity contribution is 5.60. The minimum atomic E-state index is 0.704. The highest BCUT2D eigenvalue weighted by Crippen LogP contribution is 2.16. The van der Waals surface area contributed by atoms with Crippen LogP contribution < -0.4 is 5.73 Å². The third-order valence-corrected chi connectivity index (χ3v) is 1.74. The molecule has 66 valence electrons. The summed E-state index contributed by atoms with van der Waals surface area (Å²) in [5.41, 5.74) is 7.31. The summed E-state index contributed by atoms with van der Waals surface area (Å²) in [6.45, 7) is 0. The molecule has 0 aliphatic rings. The van der Waals surface area contributed by atoms with E-state index >= 15 is 0 Å². The van der Waals surface area contributed by atoms with Gasteiger partial charge in [0.2, 0.25) is 0 Å². The summed E-state index contributed by atoms with van der Waals surface area (Å²) in [5.74, 6) is 0.704. The molecule has 0 unspecified atom stereocenters. The number of benzene rings is 1. The lowest BCUT2D eigenvalue weighted by Gasteiger charge is -1.96. The first-order valence-electron chi connectivity index (χ1n) is 3.97. The van der Waals surface area contributed by atoms with Crippen LogP contribution >= 0.6 is 0 Å². The minimum Gasteiger partial charge on any atom is -0.399 e. The molecule has 4 nitrogen and oxygen atoms in total. The van der Waals surface area contributed by atoms with Gasteiger partial charge >= 0.3 is 0 Å². The highest BCUT2D eigenvalue weighted by Gasteiger charge is 2.01. The predicted octanol–water partition coefficient (Wildman–Crippen LogP) is 1.06. The Morgan fingerprint density at radius 3 is 2.85 bits per heavy atom. The molecule has 0 spiro atoms. The molecule has 1 aromatic carbocycles. The Bertz CT molecular complexity index is 419. The van der Waals surface area contributed by atoms with Crippen molar-refractivity contribution in [2.75, 3.05) is 5.73 Å². The van der Waals surface area contributed by atoms with E-state index in [0.717, 1.165) is 11.3 Å². The van der Waals surface area contributed by atoms with Crippen LogP contribution in [-0.2, 0) is 7.05 Å². The van der Waals surface area contributed by atoms with E-state index in [9.17, 15) is 0 Å². The van der Waals surface area contributed by atoms with Crippen LogP contribution in [0.25, 0.3) is 11.4 Å². The lowest BCUT2D eigenvalue weighted by Crippen LogP contribution is -1.89. The predicted molar refractivity (Wildman–Crippen MR) is 50.9 cm³/mol. The summed E-state index contributed by atoms with van der Waals surface area (Å²) in [4.78, 5) is 4.12. The molecule has 0 bridgehead atoms. The zero-order valence-corrected chi connectivity index (χ0v) is 7.31. The first-order valence-corrected chi connectivity index (χ1v) is 3.97. The van der Waals surface area contributed by atoms with Crippen molar-refractivity contribution in [3.05, 3.63) is 30.6 Å². The number of hydrogen-bond donors (Lipinski definition) is 1. The Balaban J connectivity index is 2.46. The molecule has 2 N–H and O–H groups in total. The van der Waals surface area contributed by atoms with E-state index in [1.807, 2.05) is 31.3 Å². The van der Waals surface area contributed by atoms with Gasteiger partial charge < -0.3 is 5.73 Å². The Morgan fingerprint density at radius 1 is 1.38 bits per heavy atom. The zero-order chi connectivity index (χ0) is 9.26. The van der Waals surface area contributed by atoms with Gasteiger partial charge in [0, 0.05) is 18.3 Å². The monoisotopic (exact) mass is 174 g/mol. The van der Waals surface area contributed by atoms with Gasteiger partial charge in [-0.05, 0) is 12.1 Å². The average Bonchev–Trinajstić information content (AvgIpc) is 2.52. The van der Waals surface area contributed by atoms with Gasteiger partial charge in [-0.3, -0.25) is 4.68 Å². The maximum atomic E-state index is 5.64. The Morgan fingerprint density at radius 2 is 2.23 bits per heavy atom. The molecule has 0 amide bonds. The van der Waals surface area contributed by atoms with E-state index in [4.69, 9.17) is 5.73 Å². The van der Waals surface area contributed by atoms with Crippen LogP contribution in [0.5, 0.6) is 0 Å². The summed E-state index contributed by atoms with van der Waals surface area (Å²) >= 11 is 0. The second kappa shape index (κ2) is 2.90. The summed E-state index contributed by atoms with van der Waals surface area (Å²) < 4.78 is 1.67. The molecule has 4 heteroatoms.